The van der Waals surface area contributed by atoms with Crippen LogP contribution in [0.25, 0.3) is 44.3 Å². The Kier molecular flexibility index (Phi) is 11.4. The van der Waals surface area contributed by atoms with Gasteiger partial charge in [-0.05, 0) is 95.2 Å². The van der Waals surface area contributed by atoms with Crippen molar-refractivity contribution >= 4 is 46.1 Å². The molecule has 5 heterocycles. The van der Waals surface area contributed by atoms with E-state index in [0.717, 1.165) is 81.7 Å². The summed E-state index contributed by atoms with van der Waals surface area (Å²) >= 11 is 0. The number of fused-ring (bicyclic) bond motifs is 3. The summed E-state index contributed by atoms with van der Waals surface area (Å²) in [4.78, 5) is 72.6. The van der Waals surface area contributed by atoms with Gasteiger partial charge in [0.15, 0.2) is 5.79 Å². The number of H-pyrrole nitrogens is 2. The Bertz CT molecular complexity index is 2410. The molecule has 4 N–H and O–H groups in total. The number of carbonyl (C=O) groups excluding carboxylic acids is 4. The minimum absolute atomic E-state index is 0.126. The lowest BCUT2D eigenvalue weighted by atomic mass is 9.90. The third kappa shape index (κ3) is 7.88. The first kappa shape index (κ1) is 42.3. The monoisotopic (exact) mass is 860 g/mol. The Labute approximate surface area is 365 Å². The van der Waals surface area contributed by atoms with E-state index in [2.05, 4.69) is 57.0 Å². The Hall–Kier alpha value is -6.00. The molecular formula is C47H56N8O8. The van der Waals surface area contributed by atoms with Crippen molar-refractivity contribution in [3.8, 4) is 22.3 Å². The first-order chi connectivity index (χ1) is 30.4. The minimum Gasteiger partial charge on any atom is -0.453 e. The quantitative estimate of drug-likeness (QED) is 0.117. The first-order valence-electron chi connectivity index (χ1n) is 22.1. The summed E-state index contributed by atoms with van der Waals surface area (Å²) in [5, 5.41) is 5.45. The summed E-state index contributed by atoms with van der Waals surface area (Å²) in [6.45, 7) is 9.86. The second-order valence-corrected chi connectivity index (χ2v) is 17.9. The van der Waals surface area contributed by atoms with Crippen LogP contribution in [0.3, 0.4) is 0 Å². The molecule has 3 aromatic carbocycles. The Morgan fingerprint density at radius 2 is 1.11 bits per heavy atom. The molecule has 3 aliphatic heterocycles. The van der Waals surface area contributed by atoms with Gasteiger partial charge in [0.1, 0.15) is 23.7 Å². The largest absolute Gasteiger partial charge is 0.453 e. The number of aromatic amines is 2. The maximum atomic E-state index is 13.8. The van der Waals surface area contributed by atoms with Crippen LogP contribution in [0.1, 0.15) is 88.2 Å². The van der Waals surface area contributed by atoms with Gasteiger partial charge in [0, 0.05) is 25.9 Å². The fourth-order valence-electron chi connectivity index (χ4n) is 10.0. The van der Waals surface area contributed by atoms with E-state index in [1.54, 1.807) is 0 Å². The van der Waals surface area contributed by atoms with Crippen molar-refractivity contribution in [2.24, 2.45) is 11.8 Å². The van der Waals surface area contributed by atoms with Crippen LogP contribution < -0.4 is 10.6 Å². The average molecular weight is 861 g/mol. The summed E-state index contributed by atoms with van der Waals surface area (Å²) in [5.74, 6) is 0.171. The van der Waals surface area contributed by atoms with E-state index in [9.17, 15) is 19.2 Å². The van der Waals surface area contributed by atoms with Crippen molar-refractivity contribution in [3.05, 3.63) is 71.3 Å². The van der Waals surface area contributed by atoms with Crippen molar-refractivity contribution < 1.29 is 38.1 Å². The van der Waals surface area contributed by atoms with Gasteiger partial charge in [-0.1, -0.05) is 52.0 Å². The number of alkyl carbamates (subject to hydrolysis) is 2. The van der Waals surface area contributed by atoms with Crippen molar-refractivity contribution in [1.29, 1.82) is 0 Å². The summed E-state index contributed by atoms with van der Waals surface area (Å²) in [6, 6.07) is 14.9. The zero-order valence-corrected chi connectivity index (χ0v) is 36.7. The van der Waals surface area contributed by atoms with Crippen LogP contribution >= 0.6 is 0 Å². The molecule has 1 aliphatic carbocycles. The smallest absolute Gasteiger partial charge is 0.407 e. The number of benzene rings is 3. The van der Waals surface area contributed by atoms with Gasteiger partial charge in [-0.15, -0.1) is 0 Å². The molecule has 4 amide bonds. The SMILES string of the molecule is COC(=O)NC(C(=O)N1CCCC1c1nc2ccc(-c3ccc(-c4ccc5nc(C6CCCN6C(=O)[C@@H](NC(=O)OC)C(C)C)[nH]c5c4)c4c3CC3(C4)OCCO3)cc2[nH]1)C(C)C. The molecule has 0 radical (unpaired) electrons. The molecule has 2 aromatic heterocycles. The maximum absolute atomic E-state index is 13.8. The third-order valence-electron chi connectivity index (χ3n) is 13.2. The molecule has 332 valence electrons. The lowest BCUT2D eigenvalue weighted by molar-refractivity contribution is -0.147. The topological polar surface area (TPSA) is 193 Å². The highest BCUT2D eigenvalue weighted by atomic mass is 16.7. The van der Waals surface area contributed by atoms with Gasteiger partial charge >= 0.3 is 12.2 Å². The molecule has 3 saturated heterocycles. The van der Waals surface area contributed by atoms with E-state index < -0.39 is 30.1 Å². The van der Waals surface area contributed by atoms with E-state index in [-0.39, 0.29) is 35.7 Å². The molecule has 16 nitrogen and oxygen atoms in total. The fraction of sp³-hybridized carbons (Fsp3) is 0.489. The number of rotatable bonds is 10. The van der Waals surface area contributed by atoms with Gasteiger partial charge in [-0.3, -0.25) is 9.59 Å². The number of carbonyl (C=O) groups is 4. The van der Waals surface area contributed by atoms with E-state index in [1.165, 1.54) is 25.3 Å². The number of amides is 4. The number of imidazole rings is 2. The molecule has 4 aliphatic rings. The second kappa shape index (κ2) is 16.9. The number of methoxy groups -OCH3 is 2. The summed E-state index contributed by atoms with van der Waals surface area (Å²) in [5.41, 5.74) is 9.94. The number of hydrogen-bond donors (Lipinski definition) is 4. The third-order valence-corrected chi connectivity index (χ3v) is 13.2. The molecule has 1 spiro atoms. The van der Waals surface area contributed by atoms with Crippen LogP contribution in [-0.2, 0) is 41.4 Å². The van der Waals surface area contributed by atoms with Crippen LogP contribution in [0, 0.1) is 11.8 Å². The number of ether oxygens (including phenoxy) is 4. The van der Waals surface area contributed by atoms with Crippen molar-refractivity contribution in [1.82, 2.24) is 40.4 Å². The molecule has 4 atom stereocenters. The maximum Gasteiger partial charge on any atom is 0.407 e. The number of hydrogen-bond acceptors (Lipinski definition) is 10. The van der Waals surface area contributed by atoms with Gasteiger partial charge in [0.2, 0.25) is 11.8 Å². The van der Waals surface area contributed by atoms with Crippen LogP contribution in [0.15, 0.2) is 48.5 Å². The standard InChI is InChI=1S/C47H56N8O8/c1-25(2)39(52-45(58)60-5)43(56)54-17-7-9-37(54)41-48-33-15-11-27(21-35(33)50-41)29-13-14-30(32-24-47(23-31(29)32)62-19-20-63-47)28-12-16-34-36(22-28)51-42(49-34)38-10-8-18-55(38)44(57)40(26(3)4)53-46(59)61-6/h11-16,21-22,25-26,37-40H,7-10,17-20,23-24H2,1-6H3,(H,48,50)(H,49,51)(H,52,58)(H,53,59)/t37?,38?,39-,40?/m0/s1. The molecule has 16 heteroatoms. The zero-order valence-electron chi connectivity index (χ0n) is 36.7. The molecule has 5 aromatic rings. The van der Waals surface area contributed by atoms with Crippen LogP contribution in [0.4, 0.5) is 9.59 Å². The summed E-state index contributed by atoms with van der Waals surface area (Å²) in [7, 11) is 2.59. The van der Waals surface area contributed by atoms with Crippen molar-refractivity contribution in [2.75, 3.05) is 40.5 Å². The Morgan fingerprint density at radius 1 is 0.683 bits per heavy atom. The lowest BCUT2D eigenvalue weighted by Gasteiger charge is -2.29. The molecule has 0 bridgehead atoms. The fourth-order valence-corrected chi connectivity index (χ4v) is 10.0. The zero-order chi connectivity index (χ0) is 44.2. The van der Waals surface area contributed by atoms with Crippen molar-refractivity contribution in [3.63, 3.8) is 0 Å². The molecular weight excluding hydrogens is 805 g/mol. The molecule has 3 fully saturated rings. The molecule has 9 rings (SSSR count). The number of nitrogens with one attached hydrogen (secondary N) is 4. The predicted octanol–water partition coefficient (Wildman–Crippen LogP) is 6.70. The van der Waals surface area contributed by atoms with Gasteiger partial charge in [0.25, 0.3) is 0 Å². The molecule has 3 unspecified atom stereocenters. The Morgan fingerprint density at radius 3 is 1.51 bits per heavy atom. The van der Waals surface area contributed by atoms with E-state index >= 15 is 0 Å². The second-order valence-electron chi connectivity index (χ2n) is 17.9. The van der Waals surface area contributed by atoms with E-state index in [1.807, 2.05) is 49.6 Å². The van der Waals surface area contributed by atoms with Crippen LogP contribution in [-0.4, -0.2) is 112 Å². The number of nitrogens with zero attached hydrogens (tertiary/aromatic N) is 4. The predicted molar refractivity (Wildman–Crippen MR) is 234 cm³/mol. The van der Waals surface area contributed by atoms with Crippen molar-refractivity contribution in [2.45, 2.75) is 96.2 Å². The average Bonchev–Trinajstić information content (AvgIpc) is 4.14. The van der Waals surface area contributed by atoms with Gasteiger partial charge < -0.3 is 49.3 Å². The van der Waals surface area contributed by atoms with E-state index in [4.69, 9.17) is 28.9 Å². The highest BCUT2D eigenvalue weighted by molar-refractivity contribution is 5.90. The summed E-state index contributed by atoms with van der Waals surface area (Å²) in [6.07, 6.45) is 3.14. The van der Waals surface area contributed by atoms with Crippen LogP contribution in [0.5, 0.6) is 0 Å². The van der Waals surface area contributed by atoms with E-state index in [0.29, 0.717) is 39.1 Å². The number of likely N-dealkylation sites (tertiary alicyclic amines) is 2. The number of aromatic nitrogens is 4. The molecule has 0 saturated carbocycles. The minimum atomic E-state index is -0.728. The van der Waals surface area contributed by atoms with Gasteiger partial charge in [-0.2, -0.15) is 0 Å². The lowest BCUT2D eigenvalue weighted by Crippen LogP contribution is -2.51. The molecule has 63 heavy (non-hydrogen) atoms. The first-order valence-corrected chi connectivity index (χ1v) is 22.1. The normalized spacial score (nSPS) is 20.3. The highest BCUT2D eigenvalue weighted by Gasteiger charge is 2.45. The highest BCUT2D eigenvalue weighted by Crippen LogP contribution is 2.46. The summed E-state index contributed by atoms with van der Waals surface area (Å²) < 4.78 is 22.3. The van der Waals surface area contributed by atoms with Crippen LogP contribution in [0.2, 0.25) is 0 Å². The van der Waals surface area contributed by atoms with Gasteiger partial charge in [-0.25, -0.2) is 19.6 Å². The van der Waals surface area contributed by atoms with Gasteiger partial charge in [0.05, 0.1) is 61.6 Å². The Balaban J connectivity index is 1.01.